The lowest BCUT2D eigenvalue weighted by molar-refractivity contribution is 0.0455. The number of rotatable bonds is 4. The third-order valence-electron chi connectivity index (χ3n) is 3.48. The molecule has 2 aromatic carbocycles. The Morgan fingerprint density at radius 3 is 2.52 bits per heavy atom. The van der Waals surface area contributed by atoms with Gasteiger partial charge in [0, 0.05) is 10.6 Å². The molecule has 6 nitrogen and oxygen atoms in total. The molecule has 0 aliphatic rings. The van der Waals surface area contributed by atoms with E-state index in [2.05, 4.69) is 4.98 Å². The highest BCUT2D eigenvalue weighted by atomic mass is 35.5. The van der Waals surface area contributed by atoms with Crippen molar-refractivity contribution in [3.8, 4) is 11.3 Å². The summed E-state index contributed by atoms with van der Waals surface area (Å²) in [4.78, 5) is 16.4. The van der Waals surface area contributed by atoms with Gasteiger partial charge < -0.3 is 9.94 Å². The summed E-state index contributed by atoms with van der Waals surface area (Å²) in [5, 5.41) is 18.3. The van der Waals surface area contributed by atoms with Crippen LogP contribution < -0.4 is 5.49 Å². The first-order valence-electron chi connectivity index (χ1n) is 7.39. The molecule has 0 aliphatic heterocycles. The van der Waals surface area contributed by atoms with E-state index >= 15 is 0 Å². The van der Waals surface area contributed by atoms with Gasteiger partial charge in [-0.15, -0.1) is 0 Å². The Labute approximate surface area is 148 Å². The van der Waals surface area contributed by atoms with Crippen molar-refractivity contribution in [3.63, 3.8) is 0 Å². The normalized spacial score (nSPS) is 10.4. The van der Waals surface area contributed by atoms with Gasteiger partial charge in [0.15, 0.2) is 11.2 Å². The molecule has 1 heterocycles. The Hall–Kier alpha value is -3.12. The van der Waals surface area contributed by atoms with Gasteiger partial charge in [-0.3, -0.25) is 5.41 Å². The van der Waals surface area contributed by atoms with E-state index in [4.69, 9.17) is 21.7 Å². The zero-order valence-corrected chi connectivity index (χ0v) is 13.8. The first-order valence-corrected chi connectivity index (χ1v) is 7.77. The number of nitrogens with zero attached hydrogens (tertiary/aromatic N) is 2. The van der Waals surface area contributed by atoms with Gasteiger partial charge >= 0.3 is 5.97 Å². The van der Waals surface area contributed by atoms with Gasteiger partial charge in [0.05, 0.1) is 11.9 Å². The molecule has 1 aromatic heterocycles. The zero-order chi connectivity index (χ0) is 17.8. The Balaban J connectivity index is 1.88. The third kappa shape index (κ3) is 3.87. The number of aromatic nitrogens is 2. The van der Waals surface area contributed by atoms with E-state index in [1.807, 2.05) is 30.3 Å². The molecule has 0 bridgehead atoms. The molecule has 25 heavy (non-hydrogen) atoms. The number of halogens is 1. The highest BCUT2D eigenvalue weighted by Crippen LogP contribution is 2.19. The highest BCUT2D eigenvalue weighted by molar-refractivity contribution is 6.30. The van der Waals surface area contributed by atoms with Crippen LogP contribution in [0.3, 0.4) is 0 Å². The summed E-state index contributed by atoms with van der Waals surface area (Å²) in [5.74, 6) is -0.785. The lowest BCUT2D eigenvalue weighted by atomic mass is 10.1. The van der Waals surface area contributed by atoms with Crippen molar-refractivity contribution >= 4 is 17.6 Å². The molecule has 0 aliphatic carbocycles. The van der Waals surface area contributed by atoms with Crippen molar-refractivity contribution < 1.29 is 14.7 Å². The first-order chi connectivity index (χ1) is 12.0. The standard InChI is InChI=1S/C18H14ClN3O3/c19-14-8-6-13(7-9-14)15-10-22(24)17(20)16(21-15)18(23)25-11-12-4-2-1-3-5-12/h1-10,20,24H,11H2. The van der Waals surface area contributed by atoms with Crippen LogP contribution in [0.25, 0.3) is 11.3 Å². The number of nitrogens with one attached hydrogen (secondary N) is 1. The highest BCUT2D eigenvalue weighted by Gasteiger charge is 2.16. The number of ether oxygens (including phenoxy) is 1. The third-order valence-corrected chi connectivity index (χ3v) is 3.73. The van der Waals surface area contributed by atoms with Gasteiger partial charge in [-0.2, -0.15) is 4.73 Å². The van der Waals surface area contributed by atoms with Gasteiger partial charge in [-0.1, -0.05) is 54.1 Å². The number of hydrogen-bond donors (Lipinski definition) is 2. The molecule has 0 saturated carbocycles. The largest absolute Gasteiger partial charge is 0.456 e. The number of hydrogen-bond acceptors (Lipinski definition) is 5. The second-order valence-corrected chi connectivity index (χ2v) is 5.67. The van der Waals surface area contributed by atoms with E-state index in [9.17, 15) is 10.0 Å². The zero-order valence-electron chi connectivity index (χ0n) is 13.0. The van der Waals surface area contributed by atoms with Crippen LogP contribution >= 0.6 is 11.6 Å². The fraction of sp³-hybridized carbons (Fsp3) is 0.0556. The summed E-state index contributed by atoms with van der Waals surface area (Å²) < 4.78 is 5.73. The molecule has 0 unspecified atom stereocenters. The Bertz CT molecular complexity index is 954. The van der Waals surface area contributed by atoms with Crippen molar-refractivity contribution in [1.82, 2.24) is 9.71 Å². The fourth-order valence-electron chi connectivity index (χ4n) is 2.18. The summed E-state index contributed by atoms with van der Waals surface area (Å²) in [7, 11) is 0. The molecule has 7 heteroatoms. The molecule has 126 valence electrons. The second kappa shape index (κ2) is 7.19. The van der Waals surface area contributed by atoms with Crippen LogP contribution in [0, 0.1) is 5.41 Å². The van der Waals surface area contributed by atoms with Gasteiger partial charge in [0.2, 0.25) is 0 Å². The summed E-state index contributed by atoms with van der Waals surface area (Å²) in [6.07, 6.45) is 1.25. The molecular formula is C18H14ClN3O3. The van der Waals surface area contributed by atoms with Gasteiger partial charge in [0.25, 0.3) is 0 Å². The predicted molar refractivity (Wildman–Crippen MR) is 91.3 cm³/mol. The molecule has 3 aromatic rings. The average Bonchev–Trinajstić information content (AvgIpc) is 2.63. The number of esters is 1. The topological polar surface area (TPSA) is 88.2 Å². The summed E-state index contributed by atoms with van der Waals surface area (Å²) in [6.45, 7) is 0.0530. The summed E-state index contributed by atoms with van der Waals surface area (Å²) in [5.41, 5.74) is 1.06. The van der Waals surface area contributed by atoms with Crippen molar-refractivity contribution in [1.29, 1.82) is 5.41 Å². The average molecular weight is 356 g/mol. The Morgan fingerprint density at radius 1 is 1.16 bits per heavy atom. The Kier molecular flexibility index (Phi) is 4.81. The van der Waals surface area contributed by atoms with Crippen LogP contribution in [0.4, 0.5) is 0 Å². The number of carbonyl (C=O) groups excluding carboxylic acids is 1. The van der Waals surface area contributed by atoms with Gasteiger partial charge in [-0.25, -0.2) is 9.78 Å². The SMILES string of the molecule is N=c1c(C(=O)OCc2ccccc2)nc(-c2ccc(Cl)cc2)cn1O. The van der Waals surface area contributed by atoms with Crippen molar-refractivity contribution in [3.05, 3.63) is 82.6 Å². The van der Waals surface area contributed by atoms with Crippen LogP contribution in [0.1, 0.15) is 16.1 Å². The summed E-state index contributed by atoms with van der Waals surface area (Å²) >= 11 is 5.86. The van der Waals surface area contributed by atoms with Crippen molar-refractivity contribution in [2.24, 2.45) is 0 Å². The number of benzene rings is 2. The quantitative estimate of drug-likeness (QED) is 0.555. The minimum atomic E-state index is -0.785. The predicted octanol–water partition coefficient (Wildman–Crippen LogP) is 3.28. The molecule has 0 amide bonds. The number of carbonyl (C=O) groups is 1. The van der Waals surface area contributed by atoms with E-state index in [1.54, 1.807) is 24.3 Å². The van der Waals surface area contributed by atoms with E-state index in [0.29, 0.717) is 21.0 Å². The molecule has 0 atom stereocenters. The molecule has 0 radical (unpaired) electrons. The smallest absolute Gasteiger partial charge is 0.361 e. The molecule has 0 fully saturated rings. The maximum atomic E-state index is 12.3. The van der Waals surface area contributed by atoms with E-state index < -0.39 is 11.5 Å². The fourth-order valence-corrected chi connectivity index (χ4v) is 2.31. The van der Waals surface area contributed by atoms with Gasteiger partial charge in [0.1, 0.15) is 6.61 Å². The van der Waals surface area contributed by atoms with Crippen LogP contribution in [-0.2, 0) is 11.3 Å². The van der Waals surface area contributed by atoms with Crippen LogP contribution in [0.15, 0.2) is 60.8 Å². The lowest BCUT2D eigenvalue weighted by Gasteiger charge is -2.09. The molecule has 0 spiro atoms. The molecular weight excluding hydrogens is 342 g/mol. The van der Waals surface area contributed by atoms with Gasteiger partial charge in [-0.05, 0) is 17.7 Å². The monoisotopic (exact) mass is 355 g/mol. The Morgan fingerprint density at radius 2 is 1.84 bits per heavy atom. The van der Waals surface area contributed by atoms with Crippen molar-refractivity contribution in [2.75, 3.05) is 0 Å². The van der Waals surface area contributed by atoms with Crippen molar-refractivity contribution in [2.45, 2.75) is 6.61 Å². The maximum Gasteiger partial charge on any atom is 0.361 e. The van der Waals surface area contributed by atoms with E-state index in [0.717, 1.165) is 5.56 Å². The van der Waals surface area contributed by atoms with Crippen LogP contribution in [0.5, 0.6) is 0 Å². The van der Waals surface area contributed by atoms with E-state index in [1.165, 1.54) is 6.20 Å². The van der Waals surface area contributed by atoms with Crippen LogP contribution in [0.2, 0.25) is 5.02 Å². The molecule has 2 N–H and O–H groups in total. The summed E-state index contributed by atoms with van der Waals surface area (Å²) in [6, 6.07) is 15.9. The minimum absolute atomic E-state index is 0.0530. The molecule has 0 saturated heterocycles. The minimum Gasteiger partial charge on any atom is -0.456 e. The first kappa shape index (κ1) is 16.7. The van der Waals surface area contributed by atoms with E-state index in [-0.39, 0.29) is 12.3 Å². The second-order valence-electron chi connectivity index (χ2n) is 5.24. The maximum absolute atomic E-state index is 12.3. The molecule has 3 rings (SSSR count). The van der Waals surface area contributed by atoms with Crippen LogP contribution in [-0.4, -0.2) is 20.9 Å². The lowest BCUT2D eigenvalue weighted by Crippen LogP contribution is -2.28.